The van der Waals surface area contributed by atoms with Crippen LogP contribution < -0.4 is 0 Å². The summed E-state index contributed by atoms with van der Waals surface area (Å²) in [5, 5.41) is 0. The second-order valence-electron chi connectivity index (χ2n) is 7.08. The fourth-order valence-corrected chi connectivity index (χ4v) is 3.62. The number of hydrogen-bond acceptors (Lipinski definition) is 3. The van der Waals surface area contributed by atoms with Crippen LogP contribution in [0.25, 0.3) is 0 Å². The van der Waals surface area contributed by atoms with Crippen molar-refractivity contribution in [1.82, 2.24) is 9.80 Å². The highest BCUT2D eigenvalue weighted by atomic mass is 19.1. The molecule has 1 atom stereocenters. The first-order valence-corrected chi connectivity index (χ1v) is 8.97. The van der Waals surface area contributed by atoms with Crippen LogP contribution in [0.15, 0.2) is 24.3 Å². The number of amides is 1. The Morgan fingerprint density at radius 3 is 2.62 bits per heavy atom. The summed E-state index contributed by atoms with van der Waals surface area (Å²) < 4.78 is 18.8. The number of benzene rings is 1. The third kappa shape index (κ3) is 4.14. The normalized spacial score (nSPS) is 26.2. The molecule has 5 heteroatoms. The fourth-order valence-electron chi connectivity index (χ4n) is 3.62. The maximum Gasteiger partial charge on any atom is 0.254 e. The van der Waals surface area contributed by atoms with Gasteiger partial charge in [-0.1, -0.05) is 12.1 Å². The molecule has 0 N–H and O–H groups in total. The molecule has 0 aliphatic carbocycles. The van der Waals surface area contributed by atoms with Gasteiger partial charge >= 0.3 is 0 Å². The number of carbonyl (C=O) groups is 1. The number of hydrogen-bond donors (Lipinski definition) is 0. The lowest BCUT2D eigenvalue weighted by molar-refractivity contribution is -0.161. The maximum atomic E-state index is 13.0. The number of rotatable bonds is 3. The molecule has 2 aliphatic rings. The Kier molecular flexibility index (Phi) is 5.51. The standard InChI is InChI=1S/C19H27FN2O2/c1-19(9-2-3-14-24-19)18(23)22-11-4-10-21(12-13-22)15-16-5-7-17(20)8-6-16/h5-8H,2-4,9-15H2,1H3/t19-/m1/s1. The lowest BCUT2D eigenvalue weighted by atomic mass is 9.94. The molecule has 1 amide bonds. The van der Waals surface area contributed by atoms with Gasteiger partial charge in [0.25, 0.3) is 5.91 Å². The summed E-state index contributed by atoms with van der Waals surface area (Å²) in [5.41, 5.74) is 0.475. The summed E-state index contributed by atoms with van der Waals surface area (Å²) in [6, 6.07) is 6.68. The van der Waals surface area contributed by atoms with Gasteiger partial charge in [0, 0.05) is 39.3 Å². The maximum absolute atomic E-state index is 13.0. The minimum Gasteiger partial charge on any atom is -0.365 e. The molecule has 2 fully saturated rings. The van der Waals surface area contributed by atoms with Crippen molar-refractivity contribution in [2.75, 3.05) is 32.8 Å². The summed E-state index contributed by atoms with van der Waals surface area (Å²) >= 11 is 0. The first kappa shape index (κ1) is 17.4. The Morgan fingerprint density at radius 1 is 1.12 bits per heavy atom. The van der Waals surface area contributed by atoms with Crippen LogP contribution in [-0.4, -0.2) is 54.1 Å². The second-order valence-corrected chi connectivity index (χ2v) is 7.08. The molecule has 0 radical (unpaired) electrons. The van der Waals surface area contributed by atoms with Gasteiger partial charge in [-0.05, 0) is 50.3 Å². The smallest absolute Gasteiger partial charge is 0.254 e. The van der Waals surface area contributed by atoms with E-state index in [9.17, 15) is 9.18 Å². The summed E-state index contributed by atoms with van der Waals surface area (Å²) in [5.74, 6) is -0.0575. The highest BCUT2D eigenvalue weighted by Gasteiger charge is 2.39. The molecule has 0 unspecified atom stereocenters. The molecule has 0 saturated carbocycles. The Bertz CT molecular complexity index is 555. The van der Waals surface area contributed by atoms with Gasteiger partial charge in [-0.25, -0.2) is 4.39 Å². The van der Waals surface area contributed by atoms with Crippen molar-refractivity contribution in [2.45, 2.75) is 44.8 Å². The predicted molar refractivity (Wildman–Crippen MR) is 91.1 cm³/mol. The monoisotopic (exact) mass is 334 g/mol. The van der Waals surface area contributed by atoms with Gasteiger partial charge in [-0.3, -0.25) is 9.69 Å². The number of halogens is 1. The van der Waals surface area contributed by atoms with Gasteiger partial charge in [0.05, 0.1) is 0 Å². The quantitative estimate of drug-likeness (QED) is 0.852. The number of ether oxygens (including phenoxy) is 1. The molecular formula is C19H27FN2O2. The Morgan fingerprint density at radius 2 is 1.92 bits per heavy atom. The molecule has 2 saturated heterocycles. The summed E-state index contributed by atoms with van der Waals surface area (Å²) in [7, 11) is 0. The van der Waals surface area contributed by atoms with Crippen LogP contribution in [0.3, 0.4) is 0 Å². The summed E-state index contributed by atoms with van der Waals surface area (Å²) in [6.07, 6.45) is 3.89. The molecule has 3 rings (SSSR count). The molecule has 24 heavy (non-hydrogen) atoms. The molecule has 0 aromatic heterocycles. The first-order chi connectivity index (χ1) is 11.6. The van der Waals surface area contributed by atoms with E-state index >= 15 is 0 Å². The zero-order chi connectivity index (χ0) is 17.0. The van der Waals surface area contributed by atoms with Crippen LogP contribution in [0.2, 0.25) is 0 Å². The van der Waals surface area contributed by atoms with Crippen molar-refractivity contribution in [2.24, 2.45) is 0 Å². The minimum atomic E-state index is -0.635. The van der Waals surface area contributed by atoms with Crippen molar-refractivity contribution in [1.29, 1.82) is 0 Å². The van der Waals surface area contributed by atoms with Crippen molar-refractivity contribution < 1.29 is 13.9 Å². The van der Waals surface area contributed by atoms with Gasteiger partial charge in [0.15, 0.2) is 0 Å². The minimum absolute atomic E-state index is 0.144. The zero-order valence-corrected chi connectivity index (χ0v) is 14.5. The van der Waals surface area contributed by atoms with Crippen LogP contribution in [0.4, 0.5) is 4.39 Å². The summed E-state index contributed by atoms with van der Waals surface area (Å²) in [4.78, 5) is 17.2. The number of nitrogens with zero attached hydrogens (tertiary/aromatic N) is 2. The van der Waals surface area contributed by atoms with Crippen molar-refractivity contribution in [3.63, 3.8) is 0 Å². The predicted octanol–water partition coefficient (Wildman–Crippen LogP) is 2.82. The molecule has 1 aromatic carbocycles. The van der Waals surface area contributed by atoms with E-state index in [-0.39, 0.29) is 11.7 Å². The van der Waals surface area contributed by atoms with E-state index in [4.69, 9.17) is 4.74 Å². The SMILES string of the molecule is C[C@]1(C(=O)N2CCCN(Cc3ccc(F)cc3)CC2)CCCCO1. The van der Waals surface area contributed by atoms with Crippen molar-refractivity contribution in [3.8, 4) is 0 Å². The van der Waals surface area contributed by atoms with Gasteiger partial charge in [-0.2, -0.15) is 0 Å². The molecule has 2 heterocycles. The fraction of sp³-hybridized carbons (Fsp3) is 0.632. The third-order valence-electron chi connectivity index (χ3n) is 5.12. The van der Waals surface area contributed by atoms with Gasteiger partial charge < -0.3 is 9.64 Å². The average molecular weight is 334 g/mol. The zero-order valence-electron chi connectivity index (χ0n) is 14.5. The molecule has 1 aromatic rings. The highest BCUT2D eigenvalue weighted by Crippen LogP contribution is 2.27. The largest absolute Gasteiger partial charge is 0.365 e. The molecule has 2 aliphatic heterocycles. The Balaban J connectivity index is 1.56. The van der Waals surface area contributed by atoms with Crippen LogP contribution in [0, 0.1) is 5.82 Å². The Hall–Kier alpha value is -1.46. The molecule has 0 bridgehead atoms. The van der Waals surface area contributed by atoms with E-state index in [0.717, 1.165) is 64.0 Å². The van der Waals surface area contributed by atoms with E-state index in [2.05, 4.69) is 4.90 Å². The average Bonchev–Trinajstić information content (AvgIpc) is 2.82. The molecule has 132 valence electrons. The second kappa shape index (κ2) is 7.62. The van der Waals surface area contributed by atoms with Crippen LogP contribution in [0.1, 0.15) is 38.2 Å². The van der Waals surface area contributed by atoms with Crippen LogP contribution >= 0.6 is 0 Å². The number of carbonyl (C=O) groups excluding carboxylic acids is 1. The van der Waals surface area contributed by atoms with E-state index < -0.39 is 5.60 Å². The third-order valence-corrected chi connectivity index (χ3v) is 5.12. The van der Waals surface area contributed by atoms with Crippen molar-refractivity contribution >= 4 is 5.91 Å². The Labute approximate surface area is 143 Å². The van der Waals surface area contributed by atoms with Crippen molar-refractivity contribution in [3.05, 3.63) is 35.6 Å². The highest BCUT2D eigenvalue weighted by molar-refractivity contribution is 5.85. The van der Waals surface area contributed by atoms with E-state index in [0.29, 0.717) is 6.61 Å². The van der Waals surface area contributed by atoms with Gasteiger partial charge in [0.1, 0.15) is 11.4 Å². The van der Waals surface area contributed by atoms with Gasteiger partial charge in [-0.15, -0.1) is 0 Å². The lowest BCUT2D eigenvalue weighted by Crippen LogP contribution is -2.51. The van der Waals surface area contributed by atoms with E-state index in [1.165, 1.54) is 12.1 Å². The first-order valence-electron chi connectivity index (χ1n) is 8.97. The molecule has 4 nitrogen and oxygen atoms in total. The topological polar surface area (TPSA) is 32.8 Å². The molecule has 0 spiro atoms. The van der Waals surface area contributed by atoms with E-state index in [1.807, 2.05) is 24.0 Å². The summed E-state index contributed by atoms with van der Waals surface area (Å²) in [6.45, 7) is 6.76. The van der Waals surface area contributed by atoms with E-state index in [1.54, 1.807) is 0 Å². The van der Waals surface area contributed by atoms with Crippen LogP contribution in [-0.2, 0) is 16.1 Å². The van der Waals surface area contributed by atoms with Gasteiger partial charge in [0.2, 0.25) is 0 Å². The van der Waals surface area contributed by atoms with Crippen LogP contribution in [0.5, 0.6) is 0 Å². The molecular weight excluding hydrogens is 307 g/mol. The lowest BCUT2D eigenvalue weighted by Gasteiger charge is -2.36.